The lowest BCUT2D eigenvalue weighted by molar-refractivity contribution is 0.0702. The molecule has 2 N–H and O–H groups in total. The van der Waals surface area contributed by atoms with Crippen molar-refractivity contribution in [3.8, 4) is 0 Å². The maximum atomic E-state index is 10.8. The molecule has 0 saturated carbocycles. The average Bonchev–Trinajstić information content (AvgIpc) is 2.75. The lowest BCUT2D eigenvalue weighted by Gasteiger charge is -2.16. The van der Waals surface area contributed by atoms with E-state index in [9.17, 15) is 4.79 Å². The van der Waals surface area contributed by atoms with Crippen molar-refractivity contribution in [2.75, 3.05) is 5.32 Å². The Bertz CT molecular complexity index is 373. The second-order valence-corrected chi connectivity index (χ2v) is 5.06. The van der Waals surface area contributed by atoms with Gasteiger partial charge < -0.3 is 10.4 Å². The first-order valence-corrected chi connectivity index (χ1v) is 6.69. The fourth-order valence-electron chi connectivity index (χ4n) is 1.63. The third kappa shape index (κ3) is 4.61. The lowest BCUT2D eigenvalue weighted by atomic mass is 10.1. The minimum Gasteiger partial charge on any atom is -0.477 e. The van der Waals surface area contributed by atoms with E-state index in [0.29, 0.717) is 10.9 Å². The highest BCUT2D eigenvalue weighted by atomic mass is 32.1. The van der Waals surface area contributed by atoms with Gasteiger partial charge in [-0.2, -0.15) is 0 Å². The molecule has 1 aromatic rings. The van der Waals surface area contributed by atoms with Gasteiger partial charge in [0.1, 0.15) is 4.88 Å². The Hall–Kier alpha value is -1.29. The van der Waals surface area contributed by atoms with Gasteiger partial charge in [0.25, 0.3) is 0 Å². The summed E-state index contributed by atoms with van der Waals surface area (Å²) >= 11 is 1.28. The number of carbonyl (C=O) groups is 1. The van der Waals surface area contributed by atoms with Gasteiger partial charge in [-0.25, -0.2) is 4.79 Å². The van der Waals surface area contributed by atoms with Crippen molar-refractivity contribution in [1.82, 2.24) is 0 Å². The van der Waals surface area contributed by atoms with E-state index in [2.05, 4.69) is 18.8 Å². The molecule has 0 aliphatic carbocycles. The molecular formula is C13H19NO2S. The number of nitrogens with one attached hydrogen (secondary N) is 1. The van der Waals surface area contributed by atoms with Crippen LogP contribution in [-0.2, 0) is 0 Å². The van der Waals surface area contributed by atoms with E-state index in [1.54, 1.807) is 6.07 Å². The predicted molar refractivity (Wildman–Crippen MR) is 73.0 cm³/mol. The molecular weight excluding hydrogens is 234 g/mol. The van der Waals surface area contributed by atoms with Crippen LogP contribution in [0.3, 0.4) is 0 Å². The number of aromatic carboxylic acids is 1. The predicted octanol–water partition coefficient (Wildman–Crippen LogP) is 3.99. The van der Waals surface area contributed by atoms with Crippen LogP contribution in [0.4, 0.5) is 5.00 Å². The fourth-order valence-corrected chi connectivity index (χ4v) is 2.45. The van der Waals surface area contributed by atoms with Crippen LogP contribution in [0, 0.1) is 0 Å². The Labute approximate surface area is 106 Å². The van der Waals surface area contributed by atoms with Crippen molar-refractivity contribution in [3.63, 3.8) is 0 Å². The SMILES string of the molecule is C=CCC(CCCC)Nc1ccc(C(=O)O)s1. The van der Waals surface area contributed by atoms with Crippen molar-refractivity contribution >= 4 is 22.3 Å². The van der Waals surface area contributed by atoms with E-state index < -0.39 is 5.97 Å². The van der Waals surface area contributed by atoms with Gasteiger partial charge in [-0.05, 0) is 25.0 Å². The largest absolute Gasteiger partial charge is 0.477 e. The highest BCUT2D eigenvalue weighted by Crippen LogP contribution is 2.24. The summed E-state index contributed by atoms with van der Waals surface area (Å²) in [5.74, 6) is -0.864. The topological polar surface area (TPSA) is 49.3 Å². The fraction of sp³-hybridized carbons (Fsp3) is 0.462. The molecule has 0 aromatic carbocycles. The Morgan fingerprint density at radius 2 is 2.41 bits per heavy atom. The maximum Gasteiger partial charge on any atom is 0.345 e. The van der Waals surface area contributed by atoms with Gasteiger partial charge in [-0.1, -0.05) is 25.8 Å². The number of unbranched alkanes of at least 4 members (excludes halogenated alkanes) is 1. The zero-order valence-electron chi connectivity index (χ0n) is 10.1. The summed E-state index contributed by atoms with van der Waals surface area (Å²) in [6.45, 7) is 5.92. The number of carboxylic acid groups (broad SMARTS) is 1. The van der Waals surface area contributed by atoms with Crippen LogP contribution < -0.4 is 5.32 Å². The first-order valence-electron chi connectivity index (χ1n) is 5.88. The van der Waals surface area contributed by atoms with E-state index in [1.165, 1.54) is 24.2 Å². The Balaban J connectivity index is 2.57. The summed E-state index contributed by atoms with van der Waals surface area (Å²) in [7, 11) is 0. The van der Waals surface area contributed by atoms with E-state index in [1.807, 2.05) is 12.1 Å². The van der Waals surface area contributed by atoms with E-state index in [0.717, 1.165) is 17.8 Å². The Morgan fingerprint density at radius 3 is 2.94 bits per heavy atom. The van der Waals surface area contributed by atoms with Crippen LogP contribution in [-0.4, -0.2) is 17.1 Å². The zero-order valence-corrected chi connectivity index (χ0v) is 10.9. The molecule has 0 aliphatic heterocycles. The number of hydrogen-bond donors (Lipinski definition) is 2. The van der Waals surface area contributed by atoms with Gasteiger partial charge in [0.15, 0.2) is 0 Å². The zero-order chi connectivity index (χ0) is 12.7. The third-order valence-electron chi connectivity index (χ3n) is 2.52. The smallest absolute Gasteiger partial charge is 0.345 e. The quantitative estimate of drug-likeness (QED) is 0.689. The van der Waals surface area contributed by atoms with Crippen LogP contribution in [0.2, 0.25) is 0 Å². The number of rotatable bonds is 8. The van der Waals surface area contributed by atoms with Crippen LogP contribution >= 0.6 is 11.3 Å². The molecule has 3 nitrogen and oxygen atoms in total. The lowest BCUT2D eigenvalue weighted by Crippen LogP contribution is -2.17. The number of carboxylic acids is 1. The average molecular weight is 253 g/mol. The van der Waals surface area contributed by atoms with E-state index >= 15 is 0 Å². The summed E-state index contributed by atoms with van der Waals surface area (Å²) < 4.78 is 0. The molecule has 1 unspecified atom stereocenters. The van der Waals surface area contributed by atoms with Crippen LogP contribution in [0.5, 0.6) is 0 Å². The second kappa shape index (κ2) is 7.12. The van der Waals surface area contributed by atoms with Crippen molar-refractivity contribution in [2.24, 2.45) is 0 Å². The van der Waals surface area contributed by atoms with Gasteiger partial charge in [0.2, 0.25) is 0 Å². The first-order chi connectivity index (χ1) is 8.17. The summed E-state index contributed by atoms with van der Waals surface area (Å²) in [6, 6.07) is 3.82. The molecule has 0 amide bonds. The molecule has 4 heteroatoms. The van der Waals surface area contributed by atoms with Crippen molar-refractivity contribution in [1.29, 1.82) is 0 Å². The van der Waals surface area contributed by atoms with Crippen LogP contribution in [0.25, 0.3) is 0 Å². The second-order valence-electron chi connectivity index (χ2n) is 3.98. The molecule has 0 radical (unpaired) electrons. The molecule has 0 fully saturated rings. The highest BCUT2D eigenvalue weighted by molar-refractivity contribution is 7.17. The Morgan fingerprint density at radius 1 is 1.65 bits per heavy atom. The summed E-state index contributed by atoms with van der Waals surface area (Å²) in [6.07, 6.45) is 6.23. The standard InChI is InChI=1S/C13H19NO2S/c1-3-5-7-10(6-4-2)14-12-9-8-11(17-12)13(15)16/h4,8-10,14H,2-3,5-7H2,1H3,(H,15,16). The van der Waals surface area contributed by atoms with Gasteiger partial charge in [-0.15, -0.1) is 17.9 Å². The Kier molecular flexibility index (Phi) is 5.77. The van der Waals surface area contributed by atoms with Crippen molar-refractivity contribution in [3.05, 3.63) is 29.7 Å². The monoisotopic (exact) mass is 253 g/mol. The molecule has 0 aliphatic rings. The van der Waals surface area contributed by atoms with Crippen LogP contribution in [0.1, 0.15) is 42.3 Å². The minimum atomic E-state index is -0.864. The number of thiophene rings is 1. The molecule has 0 saturated heterocycles. The van der Waals surface area contributed by atoms with Gasteiger partial charge >= 0.3 is 5.97 Å². The van der Waals surface area contributed by atoms with Crippen molar-refractivity contribution < 1.29 is 9.90 Å². The van der Waals surface area contributed by atoms with Crippen LogP contribution in [0.15, 0.2) is 24.8 Å². The third-order valence-corrected chi connectivity index (χ3v) is 3.52. The molecule has 1 atom stereocenters. The molecule has 1 rings (SSSR count). The summed E-state index contributed by atoms with van der Waals surface area (Å²) in [5.41, 5.74) is 0. The summed E-state index contributed by atoms with van der Waals surface area (Å²) in [5, 5.41) is 13.1. The van der Waals surface area contributed by atoms with Gasteiger partial charge in [-0.3, -0.25) is 0 Å². The molecule has 17 heavy (non-hydrogen) atoms. The highest BCUT2D eigenvalue weighted by Gasteiger charge is 2.10. The molecule has 1 heterocycles. The van der Waals surface area contributed by atoms with Gasteiger partial charge in [0.05, 0.1) is 5.00 Å². The summed E-state index contributed by atoms with van der Waals surface area (Å²) in [4.78, 5) is 11.1. The number of hydrogen-bond acceptors (Lipinski definition) is 3. The molecule has 0 bridgehead atoms. The minimum absolute atomic E-state index is 0.354. The van der Waals surface area contributed by atoms with Crippen molar-refractivity contribution in [2.45, 2.75) is 38.6 Å². The first kappa shape index (κ1) is 13.8. The normalized spacial score (nSPS) is 12.1. The van der Waals surface area contributed by atoms with E-state index in [-0.39, 0.29) is 0 Å². The molecule has 1 aromatic heterocycles. The van der Waals surface area contributed by atoms with E-state index in [4.69, 9.17) is 5.11 Å². The van der Waals surface area contributed by atoms with Gasteiger partial charge in [0, 0.05) is 6.04 Å². The number of anilines is 1. The maximum absolute atomic E-state index is 10.8. The molecule has 94 valence electrons. The molecule has 0 spiro atoms.